The SMILES string of the molecule is CCN(CC(=O)Nc1c(Cl)cccc1Cl)C(=O)CCc1ccccc1O. The minimum atomic E-state index is -0.377. The first kappa shape index (κ1) is 20.1. The molecule has 138 valence electrons. The zero-order valence-corrected chi connectivity index (χ0v) is 15.8. The van der Waals surface area contributed by atoms with Crippen molar-refractivity contribution in [1.82, 2.24) is 4.90 Å². The molecule has 0 fully saturated rings. The van der Waals surface area contributed by atoms with Crippen molar-refractivity contribution in [3.63, 3.8) is 0 Å². The zero-order valence-electron chi connectivity index (χ0n) is 14.3. The highest BCUT2D eigenvalue weighted by molar-refractivity contribution is 6.39. The standard InChI is InChI=1S/C19H20Cl2N2O3/c1-2-23(18(26)11-10-13-6-3-4-9-16(13)24)12-17(25)22-19-14(20)7-5-8-15(19)21/h3-9,24H,2,10-12H2,1H3,(H,22,25). The van der Waals surface area contributed by atoms with Crippen molar-refractivity contribution in [2.24, 2.45) is 0 Å². The number of amides is 2. The molecule has 2 aromatic carbocycles. The third kappa shape index (κ3) is 5.38. The van der Waals surface area contributed by atoms with Gasteiger partial charge < -0.3 is 15.3 Å². The predicted octanol–water partition coefficient (Wildman–Crippen LogP) is 4.12. The van der Waals surface area contributed by atoms with E-state index in [9.17, 15) is 14.7 Å². The van der Waals surface area contributed by atoms with Gasteiger partial charge in [-0.3, -0.25) is 9.59 Å². The molecule has 2 amide bonds. The molecule has 0 saturated carbocycles. The first-order valence-electron chi connectivity index (χ1n) is 8.21. The van der Waals surface area contributed by atoms with Gasteiger partial charge in [0.05, 0.1) is 22.3 Å². The van der Waals surface area contributed by atoms with Crippen LogP contribution in [-0.2, 0) is 16.0 Å². The quantitative estimate of drug-likeness (QED) is 0.741. The highest BCUT2D eigenvalue weighted by Crippen LogP contribution is 2.29. The summed E-state index contributed by atoms with van der Waals surface area (Å²) in [6.45, 7) is 2.09. The Kier molecular flexibility index (Phi) is 7.30. The smallest absolute Gasteiger partial charge is 0.244 e. The first-order chi connectivity index (χ1) is 12.4. The van der Waals surface area contributed by atoms with Crippen molar-refractivity contribution in [3.05, 3.63) is 58.1 Å². The summed E-state index contributed by atoms with van der Waals surface area (Å²) < 4.78 is 0. The molecule has 0 spiro atoms. The van der Waals surface area contributed by atoms with Gasteiger partial charge in [0.25, 0.3) is 0 Å². The number of carbonyl (C=O) groups is 2. The molecule has 0 aliphatic carbocycles. The Morgan fingerprint density at radius 2 is 1.73 bits per heavy atom. The maximum absolute atomic E-state index is 12.4. The molecule has 7 heteroatoms. The van der Waals surface area contributed by atoms with Crippen LogP contribution in [0.15, 0.2) is 42.5 Å². The molecule has 2 aromatic rings. The van der Waals surface area contributed by atoms with Crippen molar-refractivity contribution in [1.29, 1.82) is 0 Å². The van der Waals surface area contributed by atoms with E-state index in [1.165, 1.54) is 4.90 Å². The largest absolute Gasteiger partial charge is 0.508 e. The molecular weight excluding hydrogens is 375 g/mol. The zero-order chi connectivity index (χ0) is 19.1. The van der Waals surface area contributed by atoms with Gasteiger partial charge in [0.2, 0.25) is 11.8 Å². The van der Waals surface area contributed by atoms with E-state index in [1.54, 1.807) is 49.4 Å². The Morgan fingerprint density at radius 1 is 1.08 bits per heavy atom. The number of rotatable bonds is 7. The van der Waals surface area contributed by atoms with E-state index in [2.05, 4.69) is 5.32 Å². The first-order valence-corrected chi connectivity index (χ1v) is 8.96. The number of phenols is 1. The van der Waals surface area contributed by atoms with Gasteiger partial charge in [-0.25, -0.2) is 0 Å². The minimum Gasteiger partial charge on any atom is -0.508 e. The van der Waals surface area contributed by atoms with E-state index in [1.807, 2.05) is 0 Å². The topological polar surface area (TPSA) is 69.6 Å². The van der Waals surface area contributed by atoms with E-state index in [0.29, 0.717) is 34.3 Å². The molecule has 5 nitrogen and oxygen atoms in total. The number of halogens is 2. The number of aromatic hydroxyl groups is 1. The molecule has 0 unspecified atom stereocenters. The normalized spacial score (nSPS) is 10.4. The number of benzene rings is 2. The van der Waals surface area contributed by atoms with Gasteiger partial charge in [-0.15, -0.1) is 0 Å². The summed E-state index contributed by atoms with van der Waals surface area (Å²) in [6, 6.07) is 11.8. The second-order valence-electron chi connectivity index (χ2n) is 5.68. The molecule has 2 N–H and O–H groups in total. The number of hydrogen-bond donors (Lipinski definition) is 2. The van der Waals surface area contributed by atoms with Crippen LogP contribution in [0.3, 0.4) is 0 Å². The van der Waals surface area contributed by atoms with Gasteiger partial charge >= 0.3 is 0 Å². The lowest BCUT2D eigenvalue weighted by atomic mass is 10.1. The van der Waals surface area contributed by atoms with Gasteiger partial charge in [-0.1, -0.05) is 47.5 Å². The van der Waals surface area contributed by atoms with E-state index in [4.69, 9.17) is 23.2 Å². The van der Waals surface area contributed by atoms with Crippen LogP contribution in [0.5, 0.6) is 5.75 Å². The van der Waals surface area contributed by atoms with Gasteiger partial charge in [0, 0.05) is 13.0 Å². The fourth-order valence-corrected chi connectivity index (χ4v) is 2.96. The monoisotopic (exact) mass is 394 g/mol. The summed E-state index contributed by atoms with van der Waals surface area (Å²) in [5.41, 5.74) is 1.03. The molecule has 0 radical (unpaired) electrons. The summed E-state index contributed by atoms with van der Waals surface area (Å²) in [6.07, 6.45) is 0.603. The summed E-state index contributed by atoms with van der Waals surface area (Å²) >= 11 is 12.1. The van der Waals surface area contributed by atoms with Crippen LogP contribution in [0.1, 0.15) is 18.9 Å². The molecular formula is C19H20Cl2N2O3. The Morgan fingerprint density at radius 3 is 2.35 bits per heavy atom. The number of phenolic OH excluding ortho intramolecular Hbond substituents is 1. The van der Waals surface area contributed by atoms with Gasteiger partial charge in [-0.05, 0) is 37.1 Å². The number of aryl methyl sites for hydroxylation is 1. The van der Waals surface area contributed by atoms with Crippen molar-refractivity contribution in [2.45, 2.75) is 19.8 Å². The molecule has 0 aromatic heterocycles. The number of nitrogens with one attached hydrogen (secondary N) is 1. The van der Waals surface area contributed by atoms with Crippen LogP contribution < -0.4 is 5.32 Å². The molecule has 26 heavy (non-hydrogen) atoms. The number of carbonyl (C=O) groups excluding carboxylic acids is 2. The fourth-order valence-electron chi connectivity index (χ4n) is 2.47. The molecule has 0 saturated heterocycles. The van der Waals surface area contributed by atoms with Crippen LogP contribution in [0.4, 0.5) is 5.69 Å². The van der Waals surface area contributed by atoms with E-state index >= 15 is 0 Å². The second kappa shape index (κ2) is 9.46. The number of nitrogens with zero attached hydrogens (tertiary/aromatic N) is 1. The number of para-hydroxylation sites is 2. The van der Waals surface area contributed by atoms with Crippen molar-refractivity contribution >= 4 is 40.7 Å². The van der Waals surface area contributed by atoms with Crippen LogP contribution in [0.25, 0.3) is 0 Å². The molecule has 2 rings (SSSR count). The maximum atomic E-state index is 12.4. The summed E-state index contributed by atoms with van der Waals surface area (Å²) in [7, 11) is 0. The third-order valence-electron chi connectivity index (χ3n) is 3.90. The molecule has 0 aliphatic heterocycles. The molecule has 0 atom stereocenters. The lowest BCUT2D eigenvalue weighted by Gasteiger charge is -2.21. The molecule has 0 aliphatic rings. The summed E-state index contributed by atoms with van der Waals surface area (Å²) in [5.74, 6) is -0.386. The number of anilines is 1. The highest BCUT2D eigenvalue weighted by Gasteiger charge is 2.17. The number of likely N-dealkylation sites (N-methyl/N-ethyl adjacent to an activating group) is 1. The average Bonchev–Trinajstić information content (AvgIpc) is 2.62. The van der Waals surface area contributed by atoms with E-state index in [-0.39, 0.29) is 30.5 Å². The fraction of sp³-hybridized carbons (Fsp3) is 0.263. The molecule has 0 bridgehead atoms. The van der Waals surface area contributed by atoms with Crippen molar-refractivity contribution in [3.8, 4) is 5.75 Å². The van der Waals surface area contributed by atoms with Crippen molar-refractivity contribution < 1.29 is 14.7 Å². The van der Waals surface area contributed by atoms with Crippen LogP contribution in [-0.4, -0.2) is 34.9 Å². The average molecular weight is 395 g/mol. The summed E-state index contributed by atoms with van der Waals surface area (Å²) in [5, 5.41) is 13.1. The lowest BCUT2D eigenvalue weighted by molar-refractivity contribution is -0.134. The van der Waals surface area contributed by atoms with Gasteiger partial charge in [-0.2, -0.15) is 0 Å². The Labute approximate surface area is 162 Å². The van der Waals surface area contributed by atoms with Crippen LogP contribution >= 0.6 is 23.2 Å². The van der Waals surface area contributed by atoms with Gasteiger partial charge in [0.15, 0.2) is 0 Å². The van der Waals surface area contributed by atoms with Crippen LogP contribution in [0, 0.1) is 0 Å². The summed E-state index contributed by atoms with van der Waals surface area (Å²) in [4.78, 5) is 26.1. The van der Waals surface area contributed by atoms with Crippen molar-refractivity contribution in [2.75, 3.05) is 18.4 Å². The predicted molar refractivity (Wildman–Crippen MR) is 104 cm³/mol. The highest BCUT2D eigenvalue weighted by atomic mass is 35.5. The molecule has 0 heterocycles. The van der Waals surface area contributed by atoms with Crippen LogP contribution in [0.2, 0.25) is 10.0 Å². The number of hydrogen-bond acceptors (Lipinski definition) is 3. The Balaban J connectivity index is 1.94. The third-order valence-corrected chi connectivity index (χ3v) is 4.53. The minimum absolute atomic E-state index is 0.0995. The Hall–Kier alpha value is -2.24. The lowest BCUT2D eigenvalue weighted by Crippen LogP contribution is -2.38. The van der Waals surface area contributed by atoms with E-state index < -0.39 is 0 Å². The maximum Gasteiger partial charge on any atom is 0.244 e. The second-order valence-corrected chi connectivity index (χ2v) is 6.50. The van der Waals surface area contributed by atoms with Gasteiger partial charge in [0.1, 0.15) is 5.75 Å². The Bertz CT molecular complexity index is 776. The van der Waals surface area contributed by atoms with E-state index in [0.717, 1.165) is 0 Å².